The molecule has 0 heterocycles. The van der Waals surface area contributed by atoms with Gasteiger partial charge in [-0.3, -0.25) is 0 Å². The van der Waals surface area contributed by atoms with Crippen molar-refractivity contribution in [2.24, 2.45) is 0 Å². The molecule has 0 saturated carbocycles. The topological polar surface area (TPSA) is 20.2 Å². The maximum absolute atomic E-state index is 13.2. The lowest BCUT2D eigenvalue weighted by atomic mass is 9.99. The summed E-state index contributed by atoms with van der Waals surface area (Å²) in [5.41, 5.74) is -2.12. The Balaban J connectivity index is 2.29. The van der Waals surface area contributed by atoms with Crippen molar-refractivity contribution in [3.63, 3.8) is 0 Å². The molecule has 1 N–H and O–H groups in total. The summed E-state index contributed by atoms with van der Waals surface area (Å²) in [5, 5.41) is 11.0. The van der Waals surface area contributed by atoms with Gasteiger partial charge in [-0.15, -0.1) is 0 Å². The summed E-state index contributed by atoms with van der Waals surface area (Å²) in [4.78, 5) is 0. The molecule has 0 spiro atoms. The first-order valence-corrected chi connectivity index (χ1v) is 7.64. The van der Waals surface area contributed by atoms with E-state index < -0.39 is 11.8 Å². The number of alkyl halides is 3. The number of hydrogen-bond donors (Lipinski definition) is 1. The molecule has 0 aliphatic heterocycles. The molecule has 1 nitrogen and oxygen atoms in total. The van der Waals surface area contributed by atoms with Crippen LogP contribution in [0.15, 0.2) is 60.7 Å². The normalized spacial score (nSPS) is 13.1. The molecule has 24 heavy (non-hydrogen) atoms. The zero-order valence-corrected chi connectivity index (χ0v) is 13.8. The lowest BCUT2D eigenvalue weighted by Gasteiger charge is -2.24. The summed E-state index contributed by atoms with van der Waals surface area (Å²) in [5.74, 6) is 0. The summed E-state index contributed by atoms with van der Waals surface area (Å²) >= 11 is 11.5. The Bertz CT molecular complexity index is 677. The Hall–Kier alpha value is -1.75. The van der Waals surface area contributed by atoms with Crippen molar-refractivity contribution in [1.82, 2.24) is 0 Å². The molecule has 0 radical (unpaired) electrons. The van der Waals surface area contributed by atoms with Crippen LogP contribution < -0.4 is 0 Å². The molecule has 126 valence electrons. The molecular weight excluding hydrogens is 360 g/mol. The Labute approximate surface area is 147 Å². The number of benzene rings is 2. The Kier molecular flexibility index (Phi) is 5.75. The van der Waals surface area contributed by atoms with E-state index in [0.717, 1.165) is 0 Å². The van der Waals surface area contributed by atoms with Crippen LogP contribution in [0.4, 0.5) is 13.2 Å². The monoisotopic (exact) mass is 372 g/mol. The second-order valence-electron chi connectivity index (χ2n) is 5.09. The first kappa shape index (κ1) is 18.6. The van der Waals surface area contributed by atoms with Gasteiger partial charge in [-0.25, -0.2) is 0 Å². The largest absolute Gasteiger partial charge is 0.424 e. The van der Waals surface area contributed by atoms with E-state index in [0.29, 0.717) is 33.3 Å². The first-order chi connectivity index (χ1) is 11.2. The molecular formula is C18H13Cl2F3O. The average Bonchev–Trinajstić information content (AvgIpc) is 2.53. The third kappa shape index (κ3) is 4.87. The molecule has 0 amide bonds. The van der Waals surface area contributed by atoms with Crippen molar-refractivity contribution in [3.05, 3.63) is 81.9 Å². The van der Waals surface area contributed by atoms with Gasteiger partial charge >= 0.3 is 6.18 Å². The van der Waals surface area contributed by atoms with Gasteiger partial charge in [0.15, 0.2) is 5.60 Å². The van der Waals surface area contributed by atoms with E-state index in [1.807, 2.05) is 0 Å². The van der Waals surface area contributed by atoms with Crippen LogP contribution in [0.5, 0.6) is 0 Å². The van der Waals surface area contributed by atoms with Crippen molar-refractivity contribution >= 4 is 35.4 Å². The second-order valence-corrected chi connectivity index (χ2v) is 5.97. The molecule has 2 aromatic rings. The quantitative estimate of drug-likeness (QED) is 0.696. The van der Waals surface area contributed by atoms with Crippen LogP contribution in [-0.4, -0.2) is 16.9 Å². The molecule has 2 aromatic carbocycles. The molecule has 0 unspecified atom stereocenters. The van der Waals surface area contributed by atoms with Crippen LogP contribution in [0.1, 0.15) is 11.1 Å². The number of rotatable bonds is 4. The van der Waals surface area contributed by atoms with Crippen molar-refractivity contribution in [2.45, 2.75) is 11.8 Å². The van der Waals surface area contributed by atoms with E-state index in [-0.39, 0.29) is 0 Å². The fraction of sp³-hybridized carbons (Fsp3) is 0.111. The predicted molar refractivity (Wildman–Crippen MR) is 92.0 cm³/mol. The smallest absolute Gasteiger partial charge is 0.373 e. The van der Waals surface area contributed by atoms with Crippen LogP contribution in [0, 0.1) is 0 Å². The van der Waals surface area contributed by atoms with Crippen molar-refractivity contribution < 1.29 is 18.3 Å². The molecule has 0 aliphatic carbocycles. The van der Waals surface area contributed by atoms with Crippen LogP contribution in [0.3, 0.4) is 0 Å². The third-order valence-corrected chi connectivity index (χ3v) is 3.76. The fourth-order valence-corrected chi connectivity index (χ4v) is 2.09. The standard InChI is InChI=1S/C18H13Cl2F3O/c19-15-5-1-13(2-6-15)9-11-17(24,18(21,22)23)12-10-14-3-7-16(20)8-4-14/h1-12,24H/b11-9+,12-10+. The van der Waals surface area contributed by atoms with Crippen LogP contribution in [0.25, 0.3) is 12.2 Å². The highest BCUT2D eigenvalue weighted by Gasteiger charge is 2.50. The van der Waals surface area contributed by atoms with Gasteiger partial charge < -0.3 is 5.11 Å². The van der Waals surface area contributed by atoms with Crippen molar-refractivity contribution in [1.29, 1.82) is 0 Å². The van der Waals surface area contributed by atoms with E-state index in [1.54, 1.807) is 48.5 Å². The molecule has 0 bridgehead atoms. The summed E-state index contributed by atoms with van der Waals surface area (Å²) < 4.78 is 39.7. The van der Waals surface area contributed by atoms with Gasteiger partial charge in [-0.2, -0.15) is 13.2 Å². The van der Waals surface area contributed by atoms with Gasteiger partial charge in [-0.1, -0.05) is 59.6 Å². The van der Waals surface area contributed by atoms with E-state index in [1.165, 1.54) is 12.2 Å². The minimum Gasteiger partial charge on any atom is -0.373 e. The zero-order chi connectivity index (χ0) is 17.8. The zero-order valence-electron chi connectivity index (χ0n) is 12.3. The molecule has 6 heteroatoms. The molecule has 0 saturated heterocycles. The van der Waals surface area contributed by atoms with E-state index in [4.69, 9.17) is 23.2 Å². The number of hydrogen-bond acceptors (Lipinski definition) is 1. The first-order valence-electron chi connectivity index (χ1n) is 6.88. The molecule has 0 aromatic heterocycles. The van der Waals surface area contributed by atoms with Gasteiger partial charge in [0, 0.05) is 10.0 Å². The SMILES string of the molecule is OC(/C=C/c1ccc(Cl)cc1)(/C=C/c1ccc(Cl)cc1)C(F)(F)F. The van der Waals surface area contributed by atoms with Crippen molar-refractivity contribution in [2.75, 3.05) is 0 Å². The minimum atomic E-state index is -4.86. The van der Waals surface area contributed by atoms with E-state index >= 15 is 0 Å². The van der Waals surface area contributed by atoms with Crippen molar-refractivity contribution in [3.8, 4) is 0 Å². The number of aliphatic hydroxyl groups is 1. The summed E-state index contributed by atoms with van der Waals surface area (Å²) in [7, 11) is 0. The summed E-state index contributed by atoms with van der Waals surface area (Å²) in [6.07, 6.45) is -1.09. The third-order valence-electron chi connectivity index (χ3n) is 3.25. The van der Waals surface area contributed by atoms with Gasteiger partial charge in [0.05, 0.1) is 0 Å². The predicted octanol–water partition coefficient (Wildman–Crippen LogP) is 6.01. The lowest BCUT2D eigenvalue weighted by molar-refractivity contribution is -0.219. The van der Waals surface area contributed by atoms with Crippen LogP contribution >= 0.6 is 23.2 Å². The Morgan fingerprint density at radius 1 is 0.708 bits per heavy atom. The fourth-order valence-electron chi connectivity index (χ4n) is 1.84. The molecule has 0 aliphatic rings. The van der Waals surface area contributed by atoms with Gasteiger partial charge in [0.1, 0.15) is 0 Å². The van der Waals surface area contributed by atoms with Crippen LogP contribution in [-0.2, 0) is 0 Å². The Morgan fingerprint density at radius 3 is 1.33 bits per heavy atom. The van der Waals surface area contributed by atoms with Gasteiger partial charge in [-0.05, 0) is 47.5 Å². The Morgan fingerprint density at radius 2 is 1.04 bits per heavy atom. The van der Waals surface area contributed by atoms with Gasteiger partial charge in [0.2, 0.25) is 0 Å². The van der Waals surface area contributed by atoms with Gasteiger partial charge in [0.25, 0.3) is 0 Å². The molecule has 2 rings (SSSR count). The highest BCUT2D eigenvalue weighted by molar-refractivity contribution is 6.30. The molecule has 0 fully saturated rings. The highest BCUT2D eigenvalue weighted by Crippen LogP contribution is 2.34. The molecule has 0 atom stereocenters. The second kappa shape index (κ2) is 7.43. The van der Waals surface area contributed by atoms with Crippen LogP contribution in [0.2, 0.25) is 10.0 Å². The minimum absolute atomic E-state index is 0.473. The maximum Gasteiger partial charge on any atom is 0.424 e. The lowest BCUT2D eigenvalue weighted by Crippen LogP contribution is -2.41. The summed E-state index contributed by atoms with van der Waals surface area (Å²) in [6, 6.07) is 12.4. The van der Waals surface area contributed by atoms with E-state index in [2.05, 4.69) is 0 Å². The maximum atomic E-state index is 13.2. The van der Waals surface area contributed by atoms with E-state index in [9.17, 15) is 18.3 Å². The highest BCUT2D eigenvalue weighted by atomic mass is 35.5. The summed E-state index contributed by atoms with van der Waals surface area (Å²) in [6.45, 7) is 0. The average molecular weight is 373 g/mol. The number of halogens is 5.